The van der Waals surface area contributed by atoms with Gasteiger partial charge in [-0.2, -0.15) is 0 Å². The van der Waals surface area contributed by atoms with E-state index in [0.717, 1.165) is 54.8 Å². The van der Waals surface area contributed by atoms with Gasteiger partial charge >= 0.3 is 0 Å². The summed E-state index contributed by atoms with van der Waals surface area (Å²) in [5, 5.41) is 20.6. The third-order valence-electron chi connectivity index (χ3n) is 11.1. The normalized spacial score (nSPS) is 49.2. The Labute approximate surface area is 180 Å². The van der Waals surface area contributed by atoms with E-state index in [9.17, 15) is 10.2 Å². The van der Waals surface area contributed by atoms with Crippen molar-refractivity contribution in [2.24, 2.45) is 52.3 Å². The number of aliphatic hydroxyl groups is 2. The lowest BCUT2D eigenvalue weighted by Crippen LogP contribution is -2.54. The average Bonchev–Trinajstić information content (AvgIpc) is 3.03. The van der Waals surface area contributed by atoms with Gasteiger partial charge in [0.2, 0.25) is 0 Å². The SMILES string of the molecule is CC(C)[C@H](O)CC[C@@H](C)C1CC[C@H]2[C@@H]3CC[C@@H]4C[C@@H](O)CC[C@]4(C)[C@H]3CC[C@]12C. The van der Waals surface area contributed by atoms with Gasteiger partial charge in [-0.1, -0.05) is 34.6 Å². The van der Waals surface area contributed by atoms with Crippen LogP contribution in [0.2, 0.25) is 0 Å². The number of hydrogen-bond acceptors (Lipinski definition) is 2. The monoisotopic (exact) mass is 404 g/mol. The van der Waals surface area contributed by atoms with E-state index in [1.807, 2.05) is 0 Å². The zero-order valence-electron chi connectivity index (χ0n) is 19.9. The van der Waals surface area contributed by atoms with Gasteiger partial charge in [-0.3, -0.25) is 0 Å². The molecule has 0 saturated heterocycles. The molecule has 0 radical (unpaired) electrons. The largest absolute Gasteiger partial charge is 0.393 e. The van der Waals surface area contributed by atoms with E-state index in [1.54, 1.807) is 0 Å². The van der Waals surface area contributed by atoms with Crippen LogP contribution in [-0.2, 0) is 0 Å². The quantitative estimate of drug-likeness (QED) is 0.553. The van der Waals surface area contributed by atoms with Crippen LogP contribution in [0, 0.1) is 52.3 Å². The molecule has 4 rings (SSSR count). The van der Waals surface area contributed by atoms with Crippen LogP contribution < -0.4 is 0 Å². The van der Waals surface area contributed by atoms with E-state index in [0.29, 0.717) is 16.7 Å². The molecule has 0 aromatic rings. The zero-order valence-corrected chi connectivity index (χ0v) is 19.9. The Balaban J connectivity index is 1.46. The van der Waals surface area contributed by atoms with E-state index in [2.05, 4.69) is 34.6 Å². The van der Waals surface area contributed by atoms with Gasteiger partial charge in [-0.05, 0) is 123 Å². The van der Waals surface area contributed by atoms with Gasteiger partial charge in [-0.15, -0.1) is 0 Å². The molecule has 0 amide bonds. The molecule has 4 saturated carbocycles. The summed E-state index contributed by atoms with van der Waals surface area (Å²) in [6, 6.07) is 0. The summed E-state index contributed by atoms with van der Waals surface area (Å²) in [7, 11) is 0. The van der Waals surface area contributed by atoms with Gasteiger partial charge in [0.15, 0.2) is 0 Å². The van der Waals surface area contributed by atoms with Gasteiger partial charge in [0.25, 0.3) is 0 Å². The standard InChI is InChI=1S/C27H48O2/c1-17(2)25(29)11-6-18(3)22-9-10-23-21-8-7-19-16-20(28)12-14-26(19,4)24(21)13-15-27(22,23)5/h17-25,28-29H,6-16H2,1-5H3/t18-,19-,20+,21+,22?,23+,24+,25-,26+,27-/m1/s1. The number of rotatable bonds is 5. The second-order valence-corrected chi connectivity index (χ2v) is 12.7. The lowest BCUT2D eigenvalue weighted by atomic mass is 9.44. The Bertz CT molecular complexity index is 573. The summed E-state index contributed by atoms with van der Waals surface area (Å²) in [6.07, 6.45) is 13.9. The lowest BCUT2D eigenvalue weighted by Gasteiger charge is -2.61. The van der Waals surface area contributed by atoms with Crippen LogP contribution in [0.4, 0.5) is 0 Å². The molecule has 168 valence electrons. The Morgan fingerprint density at radius 3 is 2.24 bits per heavy atom. The van der Waals surface area contributed by atoms with Crippen LogP contribution in [-0.4, -0.2) is 22.4 Å². The van der Waals surface area contributed by atoms with Crippen LogP contribution in [0.1, 0.15) is 105 Å². The molecule has 0 aromatic carbocycles. The minimum atomic E-state index is -0.130. The fourth-order valence-electron chi connectivity index (χ4n) is 9.18. The molecule has 2 nitrogen and oxygen atoms in total. The van der Waals surface area contributed by atoms with E-state index in [-0.39, 0.29) is 12.2 Å². The highest BCUT2D eigenvalue weighted by Gasteiger charge is 2.60. The second-order valence-electron chi connectivity index (χ2n) is 12.7. The zero-order chi connectivity index (χ0) is 21.0. The van der Waals surface area contributed by atoms with Crippen molar-refractivity contribution < 1.29 is 10.2 Å². The molecule has 0 aliphatic heterocycles. The van der Waals surface area contributed by atoms with Gasteiger partial charge in [0.1, 0.15) is 0 Å². The lowest BCUT2D eigenvalue weighted by molar-refractivity contribution is -0.129. The Kier molecular flexibility index (Phi) is 6.19. The molecule has 2 N–H and O–H groups in total. The maximum atomic E-state index is 10.3. The number of hydrogen-bond donors (Lipinski definition) is 2. The predicted molar refractivity (Wildman–Crippen MR) is 120 cm³/mol. The molecule has 4 aliphatic carbocycles. The highest BCUT2D eigenvalue weighted by atomic mass is 16.3. The maximum absolute atomic E-state index is 10.3. The van der Waals surface area contributed by atoms with Crippen molar-refractivity contribution >= 4 is 0 Å². The fourth-order valence-corrected chi connectivity index (χ4v) is 9.18. The molecule has 2 heteroatoms. The summed E-state index contributed by atoms with van der Waals surface area (Å²) in [5.41, 5.74) is 1.02. The number of fused-ring (bicyclic) bond motifs is 5. The number of aliphatic hydroxyl groups excluding tert-OH is 2. The minimum absolute atomic E-state index is 0.0311. The van der Waals surface area contributed by atoms with Crippen LogP contribution in [0.3, 0.4) is 0 Å². The van der Waals surface area contributed by atoms with Crippen LogP contribution in [0.15, 0.2) is 0 Å². The van der Waals surface area contributed by atoms with E-state index < -0.39 is 0 Å². The molecule has 0 aromatic heterocycles. The molecule has 0 bridgehead atoms. The highest BCUT2D eigenvalue weighted by molar-refractivity contribution is 5.09. The van der Waals surface area contributed by atoms with Crippen molar-refractivity contribution in [3.05, 3.63) is 0 Å². The molecule has 0 heterocycles. The van der Waals surface area contributed by atoms with Gasteiger partial charge < -0.3 is 10.2 Å². The first-order chi connectivity index (χ1) is 13.7. The first kappa shape index (κ1) is 22.1. The van der Waals surface area contributed by atoms with Crippen molar-refractivity contribution in [1.29, 1.82) is 0 Å². The summed E-state index contributed by atoms with van der Waals surface area (Å²) in [5.74, 6) is 5.51. The minimum Gasteiger partial charge on any atom is -0.393 e. The summed E-state index contributed by atoms with van der Waals surface area (Å²) >= 11 is 0. The van der Waals surface area contributed by atoms with Crippen molar-refractivity contribution in [2.45, 2.75) is 117 Å². The fraction of sp³-hybridized carbons (Fsp3) is 1.00. The first-order valence-electron chi connectivity index (χ1n) is 13.0. The van der Waals surface area contributed by atoms with E-state index in [1.165, 1.54) is 51.4 Å². The molecular weight excluding hydrogens is 356 g/mol. The van der Waals surface area contributed by atoms with Crippen molar-refractivity contribution in [1.82, 2.24) is 0 Å². The van der Waals surface area contributed by atoms with E-state index in [4.69, 9.17) is 0 Å². The van der Waals surface area contributed by atoms with Gasteiger partial charge in [0.05, 0.1) is 12.2 Å². The average molecular weight is 405 g/mol. The molecular formula is C27H48O2. The van der Waals surface area contributed by atoms with Crippen LogP contribution in [0.5, 0.6) is 0 Å². The van der Waals surface area contributed by atoms with Crippen LogP contribution >= 0.6 is 0 Å². The third-order valence-corrected chi connectivity index (χ3v) is 11.1. The van der Waals surface area contributed by atoms with E-state index >= 15 is 0 Å². The Morgan fingerprint density at radius 2 is 1.52 bits per heavy atom. The molecule has 0 spiro atoms. The third kappa shape index (κ3) is 3.73. The molecule has 10 atom stereocenters. The summed E-state index contributed by atoms with van der Waals surface area (Å²) in [6.45, 7) is 12.0. The summed E-state index contributed by atoms with van der Waals surface area (Å²) in [4.78, 5) is 0. The molecule has 1 unspecified atom stereocenters. The first-order valence-corrected chi connectivity index (χ1v) is 13.0. The Hall–Kier alpha value is -0.0800. The summed E-state index contributed by atoms with van der Waals surface area (Å²) < 4.78 is 0. The van der Waals surface area contributed by atoms with Crippen molar-refractivity contribution in [3.63, 3.8) is 0 Å². The smallest absolute Gasteiger partial charge is 0.0563 e. The molecule has 29 heavy (non-hydrogen) atoms. The maximum Gasteiger partial charge on any atom is 0.0563 e. The topological polar surface area (TPSA) is 40.5 Å². The predicted octanol–water partition coefficient (Wildman–Crippen LogP) is 6.44. The molecule has 4 aliphatic rings. The van der Waals surface area contributed by atoms with Crippen molar-refractivity contribution in [2.75, 3.05) is 0 Å². The second kappa shape index (κ2) is 8.12. The highest BCUT2D eigenvalue weighted by Crippen LogP contribution is 2.68. The van der Waals surface area contributed by atoms with Crippen molar-refractivity contribution in [3.8, 4) is 0 Å². The Morgan fingerprint density at radius 1 is 0.828 bits per heavy atom. The molecule has 4 fully saturated rings. The van der Waals surface area contributed by atoms with Crippen LogP contribution in [0.25, 0.3) is 0 Å². The van der Waals surface area contributed by atoms with Gasteiger partial charge in [-0.25, -0.2) is 0 Å². The van der Waals surface area contributed by atoms with Gasteiger partial charge in [0, 0.05) is 0 Å².